The molecule has 0 amide bonds. The van der Waals surface area contributed by atoms with Crippen LogP contribution in [-0.4, -0.2) is 7.05 Å². The molecular weight excluding hydrogens is 434 g/mol. The Morgan fingerprint density at radius 1 is 0.583 bits per heavy atom. The van der Waals surface area contributed by atoms with Crippen LogP contribution in [0.3, 0.4) is 0 Å². The molecule has 0 aliphatic carbocycles. The second-order valence-corrected chi connectivity index (χ2v) is 14.0. The Morgan fingerprint density at radius 3 is 1.06 bits per heavy atom. The van der Waals surface area contributed by atoms with Crippen LogP contribution < -0.4 is 5.73 Å². The molecule has 0 heterocycles. The second kappa shape index (κ2) is 17.6. The lowest BCUT2D eigenvalue weighted by atomic mass is 9.63. The minimum Gasteiger partial charge on any atom is -0.333 e. The highest BCUT2D eigenvalue weighted by atomic mass is 14.4. The summed E-state index contributed by atoms with van der Waals surface area (Å²) >= 11 is 0. The molecule has 1 rings (SSSR count). The van der Waals surface area contributed by atoms with Gasteiger partial charge in [0.05, 0.1) is 0 Å². The maximum atomic E-state index is 4.50. The van der Waals surface area contributed by atoms with Crippen molar-refractivity contribution in [3.8, 4) is 0 Å². The first-order valence-corrected chi connectivity index (χ1v) is 14.9. The van der Waals surface area contributed by atoms with Crippen LogP contribution in [0.1, 0.15) is 184 Å². The molecule has 2 N–H and O–H groups in total. The van der Waals surface area contributed by atoms with Gasteiger partial charge < -0.3 is 5.73 Å². The van der Waals surface area contributed by atoms with Crippen LogP contribution >= 0.6 is 0 Å². The molecule has 0 spiro atoms. The third-order valence-corrected chi connectivity index (χ3v) is 5.43. The first-order valence-electron chi connectivity index (χ1n) is 14.9. The van der Waals surface area contributed by atoms with Crippen LogP contribution in [0, 0.1) is 12.3 Å². The van der Waals surface area contributed by atoms with Gasteiger partial charge in [-0.3, -0.25) is 0 Å². The van der Waals surface area contributed by atoms with E-state index < -0.39 is 0 Å². The van der Waals surface area contributed by atoms with Gasteiger partial charge in [-0.1, -0.05) is 145 Å². The van der Waals surface area contributed by atoms with Crippen molar-refractivity contribution < 1.29 is 0 Å². The predicted molar refractivity (Wildman–Crippen MR) is 173 cm³/mol. The second-order valence-electron chi connectivity index (χ2n) is 14.0. The lowest BCUT2D eigenvalue weighted by Gasteiger charge is -2.41. The summed E-state index contributed by atoms with van der Waals surface area (Å²) in [6.45, 7) is 48.2. The zero-order chi connectivity index (χ0) is 30.5. The van der Waals surface area contributed by atoms with Gasteiger partial charge in [0.2, 0.25) is 0 Å². The molecule has 0 atom stereocenters. The third kappa shape index (κ3) is 13.6. The molecule has 0 aromatic heterocycles. The highest BCUT2D eigenvalue weighted by Gasteiger charge is 2.37. The Morgan fingerprint density at radius 2 is 0.861 bits per heavy atom. The summed E-state index contributed by atoms with van der Waals surface area (Å²) in [5.41, 5.74) is 14.7. The van der Waals surface area contributed by atoms with Gasteiger partial charge in [-0.15, -0.1) is 0 Å². The number of hydrogen-bond donors (Lipinski definition) is 1. The van der Waals surface area contributed by atoms with E-state index in [9.17, 15) is 0 Å². The molecule has 1 nitrogen and oxygen atoms in total. The monoisotopic (exact) mass is 508 g/mol. The summed E-state index contributed by atoms with van der Waals surface area (Å²) in [5.74, 6) is 0.533. The first kappa shape index (κ1) is 42.3. The molecule has 1 aromatic carbocycles. The smallest absolute Gasteiger partial charge is 0.0126 e. The summed E-state index contributed by atoms with van der Waals surface area (Å²) in [6, 6.07) is 0. The van der Waals surface area contributed by atoms with Gasteiger partial charge in [0.25, 0.3) is 0 Å². The van der Waals surface area contributed by atoms with Gasteiger partial charge >= 0.3 is 0 Å². The standard InChI is InChI=1S/C27H48.C3H8.2C2H6.CH5N/c1-17(2)20-19(16-24(4,5)6)23(27(13,14)15)22(26(10,11)12)18(3)21(20)25(7,8)9;1-3-2;3*1-2/h17H,16H2,1-15H3;3H2,1-2H3;2*1-2H3;2H2,1H3. The zero-order valence-corrected chi connectivity index (χ0v) is 29.6. The zero-order valence-electron chi connectivity index (χ0n) is 29.6. The Hall–Kier alpha value is -0.820. The largest absolute Gasteiger partial charge is 0.333 e. The molecule has 0 fully saturated rings. The van der Waals surface area contributed by atoms with Crippen LogP contribution in [0.25, 0.3) is 0 Å². The van der Waals surface area contributed by atoms with E-state index in [1.807, 2.05) is 27.7 Å². The van der Waals surface area contributed by atoms with Crippen molar-refractivity contribution >= 4 is 0 Å². The van der Waals surface area contributed by atoms with Crippen LogP contribution in [0.5, 0.6) is 0 Å². The van der Waals surface area contributed by atoms with E-state index in [1.54, 1.807) is 27.8 Å². The maximum absolute atomic E-state index is 4.50. The van der Waals surface area contributed by atoms with Crippen molar-refractivity contribution in [3.63, 3.8) is 0 Å². The molecule has 0 saturated carbocycles. The van der Waals surface area contributed by atoms with E-state index in [0.717, 1.165) is 6.42 Å². The van der Waals surface area contributed by atoms with E-state index in [1.165, 1.54) is 19.0 Å². The Labute approximate surface area is 231 Å². The molecule has 0 radical (unpaired) electrons. The number of hydrogen-bond acceptors (Lipinski definition) is 1. The number of rotatable bonds is 2. The topological polar surface area (TPSA) is 26.0 Å². The van der Waals surface area contributed by atoms with E-state index in [2.05, 4.69) is 123 Å². The van der Waals surface area contributed by atoms with E-state index in [4.69, 9.17) is 0 Å². The molecule has 0 bridgehead atoms. The van der Waals surface area contributed by atoms with Crippen molar-refractivity contribution in [2.75, 3.05) is 7.05 Å². The van der Waals surface area contributed by atoms with E-state index in [-0.39, 0.29) is 21.7 Å². The van der Waals surface area contributed by atoms with Crippen LogP contribution in [0.15, 0.2) is 0 Å². The number of benzene rings is 1. The minimum atomic E-state index is 0.133. The summed E-state index contributed by atoms with van der Waals surface area (Å²) < 4.78 is 0. The van der Waals surface area contributed by atoms with Gasteiger partial charge in [0.1, 0.15) is 0 Å². The minimum absolute atomic E-state index is 0.133. The quantitative estimate of drug-likeness (QED) is 0.423. The van der Waals surface area contributed by atoms with Crippen LogP contribution in [0.2, 0.25) is 0 Å². The Bertz CT molecular complexity index is 693. The normalized spacial score (nSPS) is 11.7. The van der Waals surface area contributed by atoms with Gasteiger partial charge in [-0.2, -0.15) is 0 Å². The average molecular weight is 508 g/mol. The molecule has 1 aromatic rings. The fraction of sp³-hybridized carbons (Fsp3) is 0.829. The van der Waals surface area contributed by atoms with Gasteiger partial charge in [-0.05, 0) is 81.4 Å². The van der Waals surface area contributed by atoms with E-state index >= 15 is 0 Å². The fourth-order valence-corrected chi connectivity index (χ4v) is 5.03. The molecule has 0 aliphatic heterocycles. The Balaban J connectivity index is -0.000000504. The third-order valence-electron chi connectivity index (χ3n) is 5.43. The molecule has 218 valence electrons. The molecule has 36 heavy (non-hydrogen) atoms. The van der Waals surface area contributed by atoms with Crippen molar-refractivity contribution in [2.24, 2.45) is 11.1 Å². The molecule has 0 saturated heterocycles. The van der Waals surface area contributed by atoms with Gasteiger partial charge in [0.15, 0.2) is 0 Å². The lowest BCUT2D eigenvalue weighted by molar-refractivity contribution is 0.399. The summed E-state index contributed by atoms with van der Waals surface area (Å²) in [5, 5.41) is 0. The summed E-state index contributed by atoms with van der Waals surface area (Å²) in [4.78, 5) is 0. The lowest BCUT2D eigenvalue weighted by Crippen LogP contribution is -2.31. The average Bonchev–Trinajstić information content (AvgIpc) is 2.69. The van der Waals surface area contributed by atoms with Gasteiger partial charge in [-0.25, -0.2) is 0 Å². The maximum Gasteiger partial charge on any atom is -0.0126 e. The summed E-state index contributed by atoms with van der Waals surface area (Å²) in [6.07, 6.45) is 2.39. The molecular formula is C35H73N. The highest BCUT2D eigenvalue weighted by molar-refractivity contribution is 5.59. The Kier molecular flexibility index (Phi) is 20.7. The first-order chi connectivity index (χ1) is 16.1. The predicted octanol–water partition coefficient (Wildman–Crippen LogP) is 11.6. The SMILES string of the molecule is CC.CC.CCC.CN.Cc1c(C(C)(C)C)c(C(C)C)c(CC(C)(C)C)c(C(C)(C)C)c1C(C)(C)C. The molecule has 0 unspecified atom stereocenters. The van der Waals surface area contributed by atoms with Crippen molar-refractivity contribution in [1.82, 2.24) is 0 Å². The van der Waals surface area contributed by atoms with Crippen molar-refractivity contribution in [2.45, 2.75) is 180 Å². The van der Waals surface area contributed by atoms with E-state index in [0.29, 0.717) is 5.92 Å². The molecule has 1 heteroatoms. The number of nitrogens with two attached hydrogens (primary N) is 1. The highest BCUT2D eigenvalue weighted by Crippen LogP contribution is 2.48. The van der Waals surface area contributed by atoms with Crippen LogP contribution in [-0.2, 0) is 22.7 Å². The van der Waals surface area contributed by atoms with Crippen molar-refractivity contribution in [1.29, 1.82) is 0 Å². The fourth-order valence-electron chi connectivity index (χ4n) is 5.03. The van der Waals surface area contributed by atoms with Crippen LogP contribution in [0.4, 0.5) is 0 Å². The summed E-state index contributed by atoms with van der Waals surface area (Å²) in [7, 11) is 1.50. The van der Waals surface area contributed by atoms with Gasteiger partial charge in [0, 0.05) is 0 Å². The van der Waals surface area contributed by atoms with Crippen molar-refractivity contribution in [3.05, 3.63) is 33.4 Å². The molecule has 0 aliphatic rings.